The molecule has 132 valence electrons. The van der Waals surface area contributed by atoms with E-state index in [4.69, 9.17) is 4.74 Å². The molecule has 7 nitrogen and oxygen atoms in total. The molecule has 0 unspecified atom stereocenters. The third-order valence-electron chi connectivity index (χ3n) is 3.97. The van der Waals surface area contributed by atoms with Gasteiger partial charge in [-0.3, -0.25) is 9.13 Å². The predicted molar refractivity (Wildman–Crippen MR) is 96.1 cm³/mol. The molecule has 25 heavy (non-hydrogen) atoms. The first kappa shape index (κ1) is 17.3. The molecule has 0 aliphatic carbocycles. The molecule has 0 N–H and O–H groups in total. The molecule has 3 rings (SSSR count). The van der Waals surface area contributed by atoms with Crippen LogP contribution >= 0.6 is 11.3 Å². The minimum atomic E-state index is -0.473. The average molecular weight is 360 g/mol. The van der Waals surface area contributed by atoms with Crippen LogP contribution in [0.2, 0.25) is 0 Å². The van der Waals surface area contributed by atoms with E-state index in [1.54, 1.807) is 20.7 Å². The zero-order chi connectivity index (χ0) is 18.1. The largest absolute Gasteiger partial charge is 0.465 e. The number of aromatic nitrogens is 4. The van der Waals surface area contributed by atoms with Gasteiger partial charge < -0.3 is 4.74 Å². The molecule has 8 heteroatoms. The van der Waals surface area contributed by atoms with Crippen molar-refractivity contribution < 1.29 is 9.53 Å². The van der Waals surface area contributed by atoms with Crippen LogP contribution in [0, 0.1) is 12.8 Å². The SMILES string of the molecule is COC(=O)c1cnc2c(c1)n(Cc1scnc1C)c(=O)n2CC(C)C. The first-order valence-electron chi connectivity index (χ1n) is 7.98. The number of thiazole rings is 1. The Morgan fingerprint density at radius 1 is 1.32 bits per heavy atom. The Hall–Kier alpha value is -2.48. The van der Waals surface area contributed by atoms with Gasteiger partial charge in [-0.2, -0.15) is 0 Å². The molecular weight excluding hydrogens is 340 g/mol. The molecular formula is C17H20N4O3S. The minimum absolute atomic E-state index is 0.133. The lowest BCUT2D eigenvalue weighted by atomic mass is 10.2. The second-order valence-corrected chi connectivity index (χ2v) is 7.23. The van der Waals surface area contributed by atoms with E-state index in [9.17, 15) is 9.59 Å². The van der Waals surface area contributed by atoms with Gasteiger partial charge in [0.25, 0.3) is 0 Å². The van der Waals surface area contributed by atoms with Gasteiger partial charge in [0.1, 0.15) is 0 Å². The fourth-order valence-corrected chi connectivity index (χ4v) is 3.49. The highest BCUT2D eigenvalue weighted by Gasteiger charge is 2.19. The maximum absolute atomic E-state index is 13.0. The summed E-state index contributed by atoms with van der Waals surface area (Å²) >= 11 is 1.51. The van der Waals surface area contributed by atoms with Gasteiger partial charge in [-0.1, -0.05) is 13.8 Å². The fourth-order valence-electron chi connectivity index (χ4n) is 2.73. The van der Waals surface area contributed by atoms with Crippen molar-refractivity contribution in [3.05, 3.63) is 44.4 Å². The van der Waals surface area contributed by atoms with Crippen molar-refractivity contribution in [2.75, 3.05) is 7.11 Å². The number of pyridine rings is 1. The molecule has 0 spiro atoms. The molecule has 0 aliphatic rings. The van der Waals surface area contributed by atoms with Gasteiger partial charge in [0.05, 0.1) is 35.9 Å². The molecule has 0 bridgehead atoms. The van der Waals surface area contributed by atoms with E-state index < -0.39 is 5.97 Å². The highest BCUT2D eigenvalue weighted by molar-refractivity contribution is 7.09. The number of nitrogens with zero attached hydrogens (tertiary/aromatic N) is 4. The number of hydrogen-bond donors (Lipinski definition) is 0. The van der Waals surface area contributed by atoms with E-state index in [0.29, 0.717) is 35.7 Å². The topological polar surface area (TPSA) is 79.0 Å². The molecule has 0 radical (unpaired) electrons. The summed E-state index contributed by atoms with van der Waals surface area (Å²) < 4.78 is 8.09. The Balaban J connectivity index is 2.21. The molecule has 0 fully saturated rings. The van der Waals surface area contributed by atoms with Crippen LogP contribution in [0.3, 0.4) is 0 Å². The van der Waals surface area contributed by atoms with Gasteiger partial charge in [-0.15, -0.1) is 11.3 Å². The van der Waals surface area contributed by atoms with Crippen molar-refractivity contribution in [1.29, 1.82) is 0 Å². The standard InChI is InChI=1S/C17H20N4O3S/c1-10(2)7-21-15-13(5-12(6-18-15)16(22)24-4)20(17(21)23)8-14-11(3)19-9-25-14/h5-6,9-10H,7-8H2,1-4H3. The van der Waals surface area contributed by atoms with Gasteiger partial charge in [0.15, 0.2) is 5.65 Å². The van der Waals surface area contributed by atoms with Gasteiger partial charge in [-0.25, -0.2) is 19.6 Å². The molecule has 0 saturated heterocycles. The normalized spacial score (nSPS) is 11.4. The summed E-state index contributed by atoms with van der Waals surface area (Å²) in [5.74, 6) is -0.178. The number of aryl methyl sites for hydroxylation is 1. The molecule has 0 amide bonds. The number of fused-ring (bicyclic) bond motifs is 1. The van der Waals surface area contributed by atoms with Crippen molar-refractivity contribution in [2.24, 2.45) is 5.92 Å². The Bertz CT molecular complexity index is 984. The second kappa shape index (κ2) is 6.79. The Morgan fingerprint density at radius 2 is 2.08 bits per heavy atom. The number of imidazole rings is 1. The lowest BCUT2D eigenvalue weighted by Crippen LogP contribution is -2.26. The summed E-state index contributed by atoms with van der Waals surface area (Å²) in [6.07, 6.45) is 1.45. The summed E-state index contributed by atoms with van der Waals surface area (Å²) in [5, 5.41) is 0. The van der Waals surface area contributed by atoms with Crippen LogP contribution in [0.4, 0.5) is 0 Å². The highest BCUT2D eigenvalue weighted by Crippen LogP contribution is 2.19. The van der Waals surface area contributed by atoms with Crippen LogP contribution in [0.1, 0.15) is 34.8 Å². The zero-order valence-electron chi connectivity index (χ0n) is 14.6. The van der Waals surface area contributed by atoms with Crippen molar-refractivity contribution in [3.63, 3.8) is 0 Å². The van der Waals surface area contributed by atoms with Gasteiger partial charge in [0, 0.05) is 17.6 Å². The van der Waals surface area contributed by atoms with Crippen LogP contribution in [0.25, 0.3) is 11.2 Å². The molecule has 3 heterocycles. The molecule has 0 saturated carbocycles. The second-order valence-electron chi connectivity index (χ2n) is 6.29. The van der Waals surface area contributed by atoms with Crippen LogP contribution in [-0.2, 0) is 17.8 Å². The number of rotatable bonds is 5. The van der Waals surface area contributed by atoms with E-state index in [2.05, 4.69) is 9.97 Å². The summed E-state index contributed by atoms with van der Waals surface area (Å²) in [5.41, 5.74) is 4.06. The number of carbonyl (C=O) groups is 1. The summed E-state index contributed by atoms with van der Waals surface area (Å²) in [6.45, 7) is 6.98. The average Bonchev–Trinajstić information content (AvgIpc) is 3.10. The number of ether oxygens (including phenoxy) is 1. The van der Waals surface area contributed by atoms with E-state index in [1.807, 2.05) is 20.8 Å². The number of esters is 1. The molecule has 0 atom stereocenters. The predicted octanol–water partition coefficient (Wildman–Crippen LogP) is 2.45. The van der Waals surface area contributed by atoms with Crippen LogP contribution < -0.4 is 5.69 Å². The summed E-state index contributed by atoms with van der Waals surface area (Å²) in [7, 11) is 1.32. The highest BCUT2D eigenvalue weighted by atomic mass is 32.1. The Labute approximate surface area is 148 Å². The maximum Gasteiger partial charge on any atom is 0.339 e. The van der Waals surface area contributed by atoms with Gasteiger partial charge >= 0.3 is 11.7 Å². The molecule has 3 aromatic rings. The Morgan fingerprint density at radius 3 is 2.68 bits per heavy atom. The maximum atomic E-state index is 13.0. The minimum Gasteiger partial charge on any atom is -0.465 e. The number of hydrogen-bond acceptors (Lipinski definition) is 6. The van der Waals surface area contributed by atoms with E-state index in [1.165, 1.54) is 24.6 Å². The van der Waals surface area contributed by atoms with Crippen LogP contribution in [0.15, 0.2) is 22.6 Å². The molecule has 3 aromatic heterocycles. The third kappa shape index (κ3) is 3.21. The van der Waals surface area contributed by atoms with E-state index in [0.717, 1.165) is 10.6 Å². The molecule has 0 aromatic carbocycles. The monoisotopic (exact) mass is 360 g/mol. The van der Waals surface area contributed by atoms with Crippen molar-refractivity contribution >= 4 is 28.5 Å². The zero-order valence-corrected chi connectivity index (χ0v) is 15.5. The first-order valence-corrected chi connectivity index (χ1v) is 8.86. The summed E-state index contributed by atoms with van der Waals surface area (Å²) in [4.78, 5) is 34.4. The van der Waals surface area contributed by atoms with E-state index in [-0.39, 0.29) is 5.69 Å². The first-order chi connectivity index (χ1) is 11.9. The molecule has 0 aliphatic heterocycles. The van der Waals surface area contributed by atoms with Gasteiger partial charge in [-0.05, 0) is 18.9 Å². The number of methoxy groups -OCH3 is 1. The third-order valence-corrected chi connectivity index (χ3v) is 4.89. The summed E-state index contributed by atoms with van der Waals surface area (Å²) in [6, 6.07) is 1.67. The fraction of sp³-hybridized carbons (Fsp3) is 0.412. The van der Waals surface area contributed by atoms with Crippen molar-refractivity contribution in [1.82, 2.24) is 19.1 Å². The van der Waals surface area contributed by atoms with Crippen LogP contribution in [-0.4, -0.2) is 32.2 Å². The number of carbonyl (C=O) groups excluding carboxylic acids is 1. The lowest BCUT2D eigenvalue weighted by Gasteiger charge is -2.05. The van der Waals surface area contributed by atoms with Crippen molar-refractivity contribution in [3.8, 4) is 0 Å². The van der Waals surface area contributed by atoms with Gasteiger partial charge in [0.2, 0.25) is 0 Å². The quantitative estimate of drug-likeness (QED) is 0.653. The Kier molecular flexibility index (Phi) is 4.71. The van der Waals surface area contributed by atoms with Crippen molar-refractivity contribution in [2.45, 2.75) is 33.9 Å². The smallest absolute Gasteiger partial charge is 0.339 e. The lowest BCUT2D eigenvalue weighted by molar-refractivity contribution is 0.0600. The van der Waals surface area contributed by atoms with E-state index >= 15 is 0 Å². The van der Waals surface area contributed by atoms with Crippen LogP contribution in [0.5, 0.6) is 0 Å².